The monoisotopic (exact) mass is 310 g/mol. The fourth-order valence-corrected chi connectivity index (χ4v) is 4.33. The standard InChI is InChI=1S/C19H38N2O/c1-2-3-11-21-15-18(10-7-12-22)13-19(16-21)20-14-17-8-5-4-6-9-17/h17-20,22H,2-16H2,1H3. The van der Waals surface area contributed by atoms with Crippen molar-refractivity contribution >= 4 is 0 Å². The lowest BCUT2D eigenvalue weighted by atomic mass is 9.87. The molecule has 3 heteroatoms. The fourth-order valence-electron chi connectivity index (χ4n) is 4.33. The van der Waals surface area contributed by atoms with Gasteiger partial charge in [0, 0.05) is 25.7 Å². The third-order valence-electron chi connectivity index (χ3n) is 5.63. The van der Waals surface area contributed by atoms with E-state index in [9.17, 15) is 0 Å². The zero-order chi connectivity index (χ0) is 15.6. The highest BCUT2D eigenvalue weighted by Gasteiger charge is 2.27. The van der Waals surface area contributed by atoms with E-state index in [-0.39, 0.29) is 0 Å². The molecular weight excluding hydrogens is 272 g/mol. The van der Waals surface area contributed by atoms with Crippen LogP contribution in [-0.4, -0.2) is 48.8 Å². The van der Waals surface area contributed by atoms with Gasteiger partial charge in [-0.1, -0.05) is 32.6 Å². The number of nitrogens with one attached hydrogen (secondary N) is 1. The normalized spacial score (nSPS) is 28.1. The van der Waals surface area contributed by atoms with E-state index in [1.165, 1.54) is 84.0 Å². The number of aliphatic hydroxyl groups is 1. The van der Waals surface area contributed by atoms with Crippen LogP contribution in [0.15, 0.2) is 0 Å². The van der Waals surface area contributed by atoms with Crippen molar-refractivity contribution in [3.05, 3.63) is 0 Å². The van der Waals surface area contributed by atoms with Gasteiger partial charge < -0.3 is 15.3 Å². The highest BCUT2D eigenvalue weighted by Crippen LogP contribution is 2.25. The van der Waals surface area contributed by atoms with Gasteiger partial charge in [-0.2, -0.15) is 0 Å². The topological polar surface area (TPSA) is 35.5 Å². The van der Waals surface area contributed by atoms with Gasteiger partial charge in [-0.05, 0) is 63.5 Å². The second-order valence-electron chi connectivity index (χ2n) is 7.69. The fraction of sp³-hybridized carbons (Fsp3) is 1.00. The maximum Gasteiger partial charge on any atom is 0.0431 e. The Balaban J connectivity index is 1.76. The number of piperidine rings is 1. The van der Waals surface area contributed by atoms with Gasteiger partial charge in [0.2, 0.25) is 0 Å². The van der Waals surface area contributed by atoms with E-state index in [2.05, 4.69) is 17.1 Å². The first kappa shape index (κ1) is 18.2. The van der Waals surface area contributed by atoms with E-state index in [1.807, 2.05) is 0 Å². The minimum Gasteiger partial charge on any atom is -0.396 e. The summed E-state index contributed by atoms with van der Waals surface area (Å²) < 4.78 is 0. The summed E-state index contributed by atoms with van der Waals surface area (Å²) in [6, 6.07) is 0.677. The van der Waals surface area contributed by atoms with Crippen molar-refractivity contribution in [3.63, 3.8) is 0 Å². The summed E-state index contributed by atoms with van der Waals surface area (Å²) in [5, 5.41) is 13.0. The van der Waals surface area contributed by atoms with Crippen LogP contribution >= 0.6 is 0 Å². The highest BCUT2D eigenvalue weighted by atomic mass is 16.2. The minimum absolute atomic E-state index is 0.353. The van der Waals surface area contributed by atoms with Crippen molar-refractivity contribution in [2.24, 2.45) is 11.8 Å². The number of aliphatic hydroxyl groups excluding tert-OH is 1. The zero-order valence-corrected chi connectivity index (χ0v) is 14.7. The van der Waals surface area contributed by atoms with Crippen LogP contribution < -0.4 is 5.32 Å². The molecule has 0 amide bonds. The maximum absolute atomic E-state index is 9.11. The van der Waals surface area contributed by atoms with Crippen molar-refractivity contribution in [1.82, 2.24) is 10.2 Å². The molecule has 2 aliphatic rings. The number of likely N-dealkylation sites (tertiary alicyclic amines) is 1. The molecule has 2 N–H and O–H groups in total. The molecule has 130 valence electrons. The Morgan fingerprint density at radius 2 is 1.86 bits per heavy atom. The van der Waals surface area contributed by atoms with E-state index in [1.54, 1.807) is 0 Å². The summed E-state index contributed by atoms with van der Waals surface area (Å²) in [5.74, 6) is 1.71. The number of unbranched alkanes of at least 4 members (excludes halogenated alkanes) is 1. The summed E-state index contributed by atoms with van der Waals surface area (Å²) >= 11 is 0. The molecule has 0 bridgehead atoms. The van der Waals surface area contributed by atoms with Crippen molar-refractivity contribution in [2.45, 2.75) is 77.2 Å². The van der Waals surface area contributed by atoms with Crippen molar-refractivity contribution in [3.8, 4) is 0 Å². The summed E-state index contributed by atoms with van der Waals surface area (Å²) in [6.45, 7) is 7.62. The van der Waals surface area contributed by atoms with Crippen LogP contribution in [-0.2, 0) is 0 Å². The number of nitrogens with zero attached hydrogens (tertiary/aromatic N) is 1. The van der Waals surface area contributed by atoms with Crippen LogP contribution in [0.4, 0.5) is 0 Å². The van der Waals surface area contributed by atoms with Crippen LogP contribution in [0.25, 0.3) is 0 Å². The summed E-state index contributed by atoms with van der Waals surface area (Å²) in [4.78, 5) is 2.67. The first-order valence-corrected chi connectivity index (χ1v) is 9.88. The average Bonchev–Trinajstić information content (AvgIpc) is 2.57. The van der Waals surface area contributed by atoms with Gasteiger partial charge in [-0.3, -0.25) is 0 Å². The lowest BCUT2D eigenvalue weighted by Crippen LogP contribution is -2.50. The Bertz CT molecular complexity index is 263. The SMILES string of the molecule is CCCCN1CC(CCCO)CC(NCC2CCCCC2)C1. The van der Waals surface area contributed by atoms with Gasteiger partial charge in [0.15, 0.2) is 0 Å². The van der Waals surface area contributed by atoms with E-state index in [0.717, 1.165) is 18.3 Å². The first-order valence-electron chi connectivity index (χ1n) is 9.88. The molecule has 0 aromatic rings. The Morgan fingerprint density at radius 3 is 2.59 bits per heavy atom. The Morgan fingerprint density at radius 1 is 1.05 bits per heavy atom. The van der Waals surface area contributed by atoms with Gasteiger partial charge in [0.25, 0.3) is 0 Å². The average molecular weight is 311 g/mol. The van der Waals surface area contributed by atoms with E-state index in [4.69, 9.17) is 5.11 Å². The molecule has 0 aromatic carbocycles. The molecule has 3 nitrogen and oxygen atoms in total. The van der Waals surface area contributed by atoms with Crippen LogP contribution in [0.5, 0.6) is 0 Å². The van der Waals surface area contributed by atoms with Crippen LogP contribution in [0.3, 0.4) is 0 Å². The molecule has 0 spiro atoms. The lowest BCUT2D eigenvalue weighted by Gasteiger charge is -2.39. The van der Waals surface area contributed by atoms with Crippen LogP contribution in [0.1, 0.15) is 71.1 Å². The molecule has 1 aliphatic heterocycles. The molecule has 1 heterocycles. The molecule has 0 aromatic heterocycles. The summed E-state index contributed by atoms with van der Waals surface area (Å²) in [5.41, 5.74) is 0. The molecule has 2 fully saturated rings. The molecule has 2 rings (SSSR count). The van der Waals surface area contributed by atoms with E-state index >= 15 is 0 Å². The van der Waals surface area contributed by atoms with Crippen LogP contribution in [0.2, 0.25) is 0 Å². The Hall–Kier alpha value is -0.120. The molecular formula is C19H38N2O. The van der Waals surface area contributed by atoms with Crippen LogP contribution in [0, 0.1) is 11.8 Å². The maximum atomic E-state index is 9.11. The Labute approximate surface area is 137 Å². The summed E-state index contributed by atoms with van der Waals surface area (Å²) in [7, 11) is 0. The number of hydrogen-bond donors (Lipinski definition) is 2. The quantitative estimate of drug-likeness (QED) is 0.685. The predicted octanol–water partition coefficient (Wildman–Crippen LogP) is 3.42. The zero-order valence-electron chi connectivity index (χ0n) is 14.7. The first-order chi connectivity index (χ1) is 10.8. The van der Waals surface area contributed by atoms with Gasteiger partial charge in [-0.15, -0.1) is 0 Å². The third kappa shape index (κ3) is 6.55. The third-order valence-corrected chi connectivity index (χ3v) is 5.63. The largest absolute Gasteiger partial charge is 0.396 e. The van der Waals surface area contributed by atoms with Crippen molar-refractivity contribution in [2.75, 3.05) is 32.8 Å². The van der Waals surface area contributed by atoms with E-state index < -0.39 is 0 Å². The number of rotatable bonds is 9. The molecule has 2 unspecified atom stereocenters. The van der Waals surface area contributed by atoms with Crippen molar-refractivity contribution < 1.29 is 5.11 Å². The molecule has 0 radical (unpaired) electrons. The second-order valence-corrected chi connectivity index (χ2v) is 7.69. The Kier molecular flexibility index (Phi) is 8.79. The molecule has 1 aliphatic carbocycles. The summed E-state index contributed by atoms with van der Waals surface area (Å²) in [6.07, 6.45) is 13.3. The van der Waals surface area contributed by atoms with Crippen molar-refractivity contribution in [1.29, 1.82) is 0 Å². The van der Waals surface area contributed by atoms with Gasteiger partial charge in [0.1, 0.15) is 0 Å². The molecule has 2 atom stereocenters. The molecule has 1 saturated carbocycles. The molecule has 1 saturated heterocycles. The van der Waals surface area contributed by atoms with Gasteiger partial charge in [-0.25, -0.2) is 0 Å². The highest BCUT2D eigenvalue weighted by molar-refractivity contribution is 4.84. The second kappa shape index (κ2) is 10.6. The molecule has 22 heavy (non-hydrogen) atoms. The van der Waals surface area contributed by atoms with E-state index in [0.29, 0.717) is 12.6 Å². The smallest absolute Gasteiger partial charge is 0.0431 e. The lowest BCUT2D eigenvalue weighted by molar-refractivity contribution is 0.125. The predicted molar refractivity (Wildman–Crippen MR) is 94.1 cm³/mol. The van der Waals surface area contributed by atoms with Gasteiger partial charge >= 0.3 is 0 Å². The minimum atomic E-state index is 0.353. The number of hydrogen-bond acceptors (Lipinski definition) is 3. The van der Waals surface area contributed by atoms with Gasteiger partial charge in [0.05, 0.1) is 0 Å².